The van der Waals surface area contributed by atoms with E-state index in [1.165, 1.54) is 17.8 Å². The van der Waals surface area contributed by atoms with E-state index in [9.17, 15) is 19.1 Å². The topological polar surface area (TPSA) is 126 Å². The molecule has 0 spiro atoms. The molecule has 5 N–H and O–H groups in total. The molecule has 0 saturated carbocycles. The van der Waals surface area contributed by atoms with Crippen LogP contribution in [0.1, 0.15) is 10.4 Å². The predicted octanol–water partition coefficient (Wildman–Crippen LogP) is 0.436. The molecular weight excluding hydrogens is 398 g/mol. The number of pyridine rings is 2. The molecule has 4 rings (SSSR count). The van der Waals surface area contributed by atoms with Crippen molar-refractivity contribution in [2.75, 3.05) is 43.6 Å². The highest BCUT2D eigenvalue weighted by Crippen LogP contribution is 2.33. The molecule has 0 unspecified atom stereocenters. The maximum atomic E-state index is 15.3. The SMILES string of the molecule is CNn1cc(C(=O)O)c(=O)c2cc3cc(F)c(N4CC(NCCN)C4)c(F)c3nc21. The lowest BCUT2D eigenvalue weighted by Crippen LogP contribution is -2.59. The molecule has 9 nitrogen and oxygen atoms in total. The Morgan fingerprint density at radius 3 is 2.73 bits per heavy atom. The highest BCUT2D eigenvalue weighted by molar-refractivity contribution is 5.97. The Bertz CT molecular complexity index is 1220. The molecule has 1 saturated heterocycles. The van der Waals surface area contributed by atoms with E-state index >= 15 is 4.39 Å². The Morgan fingerprint density at radius 1 is 1.37 bits per heavy atom. The zero-order chi connectivity index (χ0) is 21.6. The third-order valence-electron chi connectivity index (χ3n) is 5.18. The van der Waals surface area contributed by atoms with E-state index in [0.29, 0.717) is 26.2 Å². The summed E-state index contributed by atoms with van der Waals surface area (Å²) in [7, 11) is 1.50. The molecular formula is C19H20F2N6O3. The number of hydrogen-bond acceptors (Lipinski definition) is 7. The maximum Gasteiger partial charge on any atom is 0.341 e. The van der Waals surface area contributed by atoms with Crippen molar-refractivity contribution >= 4 is 33.6 Å². The smallest absolute Gasteiger partial charge is 0.341 e. The summed E-state index contributed by atoms with van der Waals surface area (Å²) < 4.78 is 31.2. The van der Waals surface area contributed by atoms with Crippen LogP contribution >= 0.6 is 0 Å². The minimum absolute atomic E-state index is 0.0440. The van der Waals surface area contributed by atoms with Crippen LogP contribution in [0.15, 0.2) is 23.1 Å². The molecule has 0 amide bonds. The lowest BCUT2D eigenvalue weighted by molar-refractivity contribution is 0.0695. The summed E-state index contributed by atoms with van der Waals surface area (Å²) in [6.45, 7) is 1.95. The Morgan fingerprint density at radius 2 is 2.10 bits per heavy atom. The van der Waals surface area contributed by atoms with Crippen molar-refractivity contribution in [1.82, 2.24) is 15.0 Å². The first-order valence-corrected chi connectivity index (χ1v) is 9.33. The second-order valence-corrected chi connectivity index (χ2v) is 7.07. The summed E-state index contributed by atoms with van der Waals surface area (Å²) in [4.78, 5) is 29.7. The van der Waals surface area contributed by atoms with Gasteiger partial charge in [0.15, 0.2) is 11.5 Å². The second-order valence-electron chi connectivity index (χ2n) is 7.07. The molecule has 0 bridgehead atoms. The number of nitrogens with two attached hydrogens (primary N) is 1. The van der Waals surface area contributed by atoms with Crippen LogP contribution in [-0.2, 0) is 0 Å². The number of anilines is 1. The molecule has 30 heavy (non-hydrogen) atoms. The largest absolute Gasteiger partial charge is 0.477 e. The number of carboxylic acids is 1. The van der Waals surface area contributed by atoms with Crippen LogP contribution in [0.2, 0.25) is 0 Å². The van der Waals surface area contributed by atoms with Crippen LogP contribution in [0.3, 0.4) is 0 Å². The van der Waals surface area contributed by atoms with Crippen molar-refractivity contribution in [1.29, 1.82) is 0 Å². The maximum absolute atomic E-state index is 15.3. The highest BCUT2D eigenvalue weighted by Gasteiger charge is 2.31. The number of aromatic carboxylic acids is 1. The van der Waals surface area contributed by atoms with Gasteiger partial charge in [0.05, 0.1) is 5.39 Å². The minimum Gasteiger partial charge on any atom is -0.477 e. The lowest BCUT2D eigenvalue weighted by Gasteiger charge is -2.41. The van der Waals surface area contributed by atoms with Gasteiger partial charge in [0.2, 0.25) is 5.43 Å². The van der Waals surface area contributed by atoms with Crippen LogP contribution in [0.4, 0.5) is 14.5 Å². The standard InChI is InChI=1S/C19H20F2N6O3/c1-23-27-8-12(19(29)30)17(28)11-4-9-5-13(20)16(14(21)15(9)25-18(11)27)26-6-10(7-26)24-3-2-22/h4-5,8,10,23-24H,2-3,6-7,22H2,1H3,(H,29,30). The minimum atomic E-state index is -1.41. The van der Waals surface area contributed by atoms with Crippen molar-refractivity contribution in [3.05, 3.63) is 45.8 Å². The zero-order valence-electron chi connectivity index (χ0n) is 16.1. The van der Waals surface area contributed by atoms with Crippen molar-refractivity contribution in [2.24, 2.45) is 5.73 Å². The first-order chi connectivity index (χ1) is 14.3. The van der Waals surface area contributed by atoms with Gasteiger partial charge in [-0.3, -0.25) is 4.79 Å². The number of benzene rings is 1. The highest BCUT2D eigenvalue weighted by atomic mass is 19.1. The van der Waals surface area contributed by atoms with E-state index in [-0.39, 0.29) is 33.7 Å². The van der Waals surface area contributed by atoms with Crippen LogP contribution in [-0.4, -0.2) is 60.0 Å². The molecule has 1 aromatic carbocycles. The van der Waals surface area contributed by atoms with E-state index in [1.807, 2.05) is 0 Å². The first kappa shape index (κ1) is 20.0. The first-order valence-electron chi connectivity index (χ1n) is 9.33. The normalized spacial score (nSPS) is 14.3. The summed E-state index contributed by atoms with van der Waals surface area (Å²) in [5, 5.41) is 12.5. The van der Waals surface area contributed by atoms with E-state index in [1.54, 1.807) is 4.90 Å². The van der Waals surface area contributed by atoms with Gasteiger partial charge in [-0.15, -0.1) is 0 Å². The van der Waals surface area contributed by atoms with Crippen LogP contribution in [0.25, 0.3) is 21.9 Å². The summed E-state index contributed by atoms with van der Waals surface area (Å²) in [6.07, 6.45) is 1.08. The molecule has 1 aliphatic rings. The number of hydrogen-bond donors (Lipinski definition) is 4. The molecule has 0 aliphatic carbocycles. The summed E-state index contributed by atoms with van der Waals surface area (Å²) >= 11 is 0. The number of nitrogens with zero attached hydrogens (tertiary/aromatic N) is 3. The van der Waals surface area contributed by atoms with Crippen molar-refractivity contribution in [3.63, 3.8) is 0 Å². The number of aromatic nitrogens is 2. The zero-order valence-corrected chi connectivity index (χ0v) is 16.1. The monoisotopic (exact) mass is 418 g/mol. The number of carbonyl (C=O) groups is 1. The second kappa shape index (κ2) is 7.50. The fraction of sp³-hybridized carbons (Fsp3) is 0.316. The third-order valence-corrected chi connectivity index (χ3v) is 5.18. The number of fused-ring (bicyclic) bond motifs is 2. The molecule has 11 heteroatoms. The Kier molecular flexibility index (Phi) is 5.00. The molecule has 0 atom stereocenters. The molecule has 2 aromatic heterocycles. The summed E-state index contributed by atoms with van der Waals surface area (Å²) in [5.41, 5.74) is 6.65. The van der Waals surface area contributed by atoms with Crippen molar-refractivity contribution < 1.29 is 18.7 Å². The quantitative estimate of drug-likeness (QED) is 0.425. The Balaban J connectivity index is 1.86. The van der Waals surface area contributed by atoms with Crippen LogP contribution < -0.4 is 26.8 Å². The predicted molar refractivity (Wildman–Crippen MR) is 109 cm³/mol. The Hall–Kier alpha value is -3.31. The van der Waals surface area contributed by atoms with Gasteiger partial charge in [0.25, 0.3) is 0 Å². The number of rotatable bonds is 6. The van der Waals surface area contributed by atoms with Crippen LogP contribution in [0, 0.1) is 11.6 Å². The summed E-state index contributed by atoms with van der Waals surface area (Å²) in [6, 6.07) is 2.46. The van der Waals surface area contributed by atoms with Gasteiger partial charge in [-0.1, -0.05) is 0 Å². The molecule has 0 radical (unpaired) electrons. The molecule has 1 fully saturated rings. The lowest BCUT2D eigenvalue weighted by atomic mass is 10.0. The van der Waals surface area contributed by atoms with Gasteiger partial charge in [-0.25, -0.2) is 23.2 Å². The van der Waals surface area contributed by atoms with E-state index in [0.717, 1.165) is 12.3 Å². The molecule has 1 aliphatic heterocycles. The molecule has 158 valence electrons. The average molecular weight is 418 g/mol. The van der Waals surface area contributed by atoms with E-state index in [2.05, 4.69) is 15.7 Å². The van der Waals surface area contributed by atoms with Gasteiger partial charge in [-0.2, -0.15) is 0 Å². The fourth-order valence-corrected chi connectivity index (χ4v) is 3.66. The number of halogens is 2. The number of nitrogens with one attached hydrogen (secondary N) is 2. The number of carboxylic acid groups (broad SMARTS) is 1. The fourth-order valence-electron chi connectivity index (χ4n) is 3.66. The van der Waals surface area contributed by atoms with Crippen LogP contribution in [0.5, 0.6) is 0 Å². The van der Waals surface area contributed by atoms with Crippen molar-refractivity contribution in [3.8, 4) is 0 Å². The van der Waals surface area contributed by atoms with E-state index < -0.39 is 28.6 Å². The molecule has 3 aromatic rings. The third kappa shape index (κ3) is 3.12. The van der Waals surface area contributed by atoms with Gasteiger partial charge < -0.3 is 26.5 Å². The van der Waals surface area contributed by atoms with Gasteiger partial charge in [0, 0.05) is 50.9 Å². The molecule has 3 heterocycles. The van der Waals surface area contributed by atoms with Gasteiger partial charge in [-0.05, 0) is 12.1 Å². The van der Waals surface area contributed by atoms with Gasteiger partial charge >= 0.3 is 5.97 Å². The average Bonchev–Trinajstić information content (AvgIpc) is 2.68. The summed E-state index contributed by atoms with van der Waals surface area (Å²) in [5.74, 6) is -3.02. The van der Waals surface area contributed by atoms with Gasteiger partial charge in [0.1, 0.15) is 22.6 Å². The van der Waals surface area contributed by atoms with Crippen molar-refractivity contribution in [2.45, 2.75) is 6.04 Å². The van der Waals surface area contributed by atoms with E-state index in [4.69, 9.17) is 5.73 Å². The Labute approximate surface area is 169 Å².